The minimum atomic E-state index is -1.71. The number of aromatic nitrogens is 2. The molecule has 1 heterocycles. The van der Waals surface area contributed by atoms with E-state index in [2.05, 4.69) is 4.98 Å². The summed E-state index contributed by atoms with van der Waals surface area (Å²) in [5.74, 6) is 0. The van der Waals surface area contributed by atoms with Gasteiger partial charge in [-0.2, -0.15) is 0 Å². The van der Waals surface area contributed by atoms with Crippen molar-refractivity contribution in [2.75, 3.05) is 6.61 Å². The molecule has 0 saturated carbocycles. The van der Waals surface area contributed by atoms with Crippen molar-refractivity contribution in [3.05, 3.63) is 33.1 Å². The topological polar surface area (TPSA) is 96.8 Å². The molecule has 25 heavy (non-hydrogen) atoms. The Kier molecular flexibility index (Phi) is 8.96. The lowest BCUT2D eigenvalue weighted by molar-refractivity contribution is -0.0652. The Bertz CT molecular complexity index is 623. The predicted molar refractivity (Wildman–Crippen MR) is 98.4 cm³/mol. The molecule has 0 spiro atoms. The molecule has 0 aliphatic rings. The van der Waals surface area contributed by atoms with Crippen LogP contribution in [0.4, 0.5) is 0 Å². The standard InChI is InChI=1S/C16H30N3O5P/c1-7-14(10-23-25(22)19(11(2)3)12(4)5)24-13(6)18-9-8-15(20)17-16(18)21/h8-9,11-14,22H,7,10H2,1-6H3,(H,17,20,21). The van der Waals surface area contributed by atoms with Crippen LogP contribution < -0.4 is 11.2 Å². The van der Waals surface area contributed by atoms with E-state index >= 15 is 0 Å². The van der Waals surface area contributed by atoms with Crippen LogP contribution in [0.3, 0.4) is 0 Å². The number of aromatic amines is 1. The second kappa shape index (κ2) is 10.2. The fraction of sp³-hybridized carbons (Fsp3) is 0.750. The van der Waals surface area contributed by atoms with E-state index in [0.717, 1.165) is 0 Å². The summed E-state index contributed by atoms with van der Waals surface area (Å²) in [5, 5.41) is 0. The highest BCUT2D eigenvalue weighted by Crippen LogP contribution is 2.40. The van der Waals surface area contributed by atoms with Crippen LogP contribution in [0.15, 0.2) is 21.9 Å². The molecule has 1 rings (SSSR count). The van der Waals surface area contributed by atoms with Crippen molar-refractivity contribution >= 4 is 8.53 Å². The predicted octanol–water partition coefficient (Wildman–Crippen LogP) is 2.20. The number of H-pyrrole nitrogens is 1. The Balaban J connectivity index is 2.67. The third-order valence-corrected chi connectivity index (χ3v) is 5.42. The largest absolute Gasteiger partial charge is 0.353 e. The quantitative estimate of drug-likeness (QED) is 0.609. The van der Waals surface area contributed by atoms with E-state index in [1.54, 1.807) is 6.92 Å². The molecule has 0 saturated heterocycles. The van der Waals surface area contributed by atoms with Gasteiger partial charge in [0, 0.05) is 24.3 Å². The van der Waals surface area contributed by atoms with Crippen LogP contribution in [0.1, 0.15) is 54.2 Å². The summed E-state index contributed by atoms with van der Waals surface area (Å²) in [6.45, 7) is 11.9. The van der Waals surface area contributed by atoms with Crippen LogP contribution in [-0.2, 0) is 9.26 Å². The SMILES string of the molecule is CCC(COP(O)N(C(C)C)C(C)C)OC(C)n1ccc(=O)[nH]c1=O. The van der Waals surface area contributed by atoms with Crippen LogP contribution in [0, 0.1) is 0 Å². The van der Waals surface area contributed by atoms with Gasteiger partial charge in [0.2, 0.25) is 0 Å². The van der Waals surface area contributed by atoms with E-state index in [4.69, 9.17) is 9.26 Å². The number of nitrogens with one attached hydrogen (secondary N) is 1. The summed E-state index contributed by atoms with van der Waals surface area (Å²) < 4.78 is 14.7. The molecule has 3 unspecified atom stereocenters. The van der Waals surface area contributed by atoms with Gasteiger partial charge in [-0.1, -0.05) is 6.92 Å². The average molecular weight is 375 g/mol. The molecule has 0 radical (unpaired) electrons. The highest BCUT2D eigenvalue weighted by Gasteiger charge is 2.25. The van der Waals surface area contributed by atoms with Gasteiger partial charge in [-0.3, -0.25) is 14.3 Å². The van der Waals surface area contributed by atoms with E-state index in [1.165, 1.54) is 16.8 Å². The molecule has 0 aliphatic carbocycles. The fourth-order valence-electron chi connectivity index (χ4n) is 2.52. The van der Waals surface area contributed by atoms with Gasteiger partial charge in [-0.25, -0.2) is 9.46 Å². The van der Waals surface area contributed by atoms with Gasteiger partial charge in [0.25, 0.3) is 14.1 Å². The summed E-state index contributed by atoms with van der Waals surface area (Å²) >= 11 is 0. The summed E-state index contributed by atoms with van der Waals surface area (Å²) in [6, 6.07) is 1.60. The summed E-state index contributed by atoms with van der Waals surface area (Å²) in [5.41, 5.74) is -0.969. The van der Waals surface area contributed by atoms with Gasteiger partial charge in [-0.05, 0) is 41.0 Å². The fourth-order valence-corrected chi connectivity index (χ4v) is 3.74. The van der Waals surface area contributed by atoms with Crippen molar-refractivity contribution in [3.8, 4) is 0 Å². The van der Waals surface area contributed by atoms with Crippen molar-refractivity contribution < 1.29 is 14.2 Å². The maximum atomic E-state index is 11.8. The monoisotopic (exact) mass is 375 g/mol. The van der Waals surface area contributed by atoms with Gasteiger partial charge >= 0.3 is 5.69 Å². The Morgan fingerprint density at radius 2 is 1.84 bits per heavy atom. The zero-order valence-corrected chi connectivity index (χ0v) is 16.7. The first-order valence-electron chi connectivity index (χ1n) is 8.54. The smallest absolute Gasteiger partial charge is 0.330 e. The van der Waals surface area contributed by atoms with Gasteiger partial charge in [0.1, 0.15) is 6.23 Å². The molecular weight excluding hydrogens is 345 g/mol. The van der Waals surface area contributed by atoms with Gasteiger partial charge in [-0.15, -0.1) is 0 Å². The number of ether oxygens (including phenoxy) is 1. The second-order valence-corrected chi connectivity index (χ2v) is 7.62. The maximum absolute atomic E-state index is 11.8. The number of rotatable bonds is 10. The van der Waals surface area contributed by atoms with Crippen molar-refractivity contribution in [2.45, 2.75) is 72.4 Å². The Hall–Kier alpha value is -1.05. The third-order valence-electron chi connectivity index (χ3n) is 3.72. The number of hydrogen-bond acceptors (Lipinski definition) is 6. The minimum absolute atomic E-state index is 0.163. The number of nitrogens with zero attached hydrogens (tertiary/aromatic N) is 2. The van der Waals surface area contributed by atoms with Crippen molar-refractivity contribution in [3.63, 3.8) is 0 Å². The minimum Gasteiger partial charge on any atom is -0.353 e. The highest BCUT2D eigenvalue weighted by atomic mass is 31.2. The molecule has 0 fully saturated rings. The first kappa shape index (κ1) is 22.0. The molecule has 0 aliphatic heterocycles. The normalized spacial score (nSPS) is 15.8. The van der Waals surface area contributed by atoms with Gasteiger partial charge in [0.05, 0.1) is 12.7 Å². The Labute approximate surface area is 149 Å². The van der Waals surface area contributed by atoms with Crippen molar-refractivity contribution in [1.29, 1.82) is 0 Å². The molecule has 3 atom stereocenters. The summed E-state index contributed by atoms with van der Waals surface area (Å²) in [6.07, 6.45) is 1.22. The molecule has 0 aromatic carbocycles. The lowest BCUT2D eigenvalue weighted by atomic mass is 10.3. The van der Waals surface area contributed by atoms with Gasteiger partial charge in [0.15, 0.2) is 0 Å². The van der Waals surface area contributed by atoms with Crippen molar-refractivity contribution in [1.82, 2.24) is 14.2 Å². The van der Waals surface area contributed by atoms with Crippen LogP contribution in [0.25, 0.3) is 0 Å². The lowest BCUT2D eigenvalue weighted by Gasteiger charge is -2.33. The van der Waals surface area contributed by atoms with Crippen LogP contribution >= 0.6 is 8.53 Å². The third kappa shape index (κ3) is 6.64. The average Bonchev–Trinajstić information content (AvgIpc) is 2.50. The van der Waals surface area contributed by atoms with Crippen LogP contribution in [0.2, 0.25) is 0 Å². The van der Waals surface area contributed by atoms with Gasteiger partial charge < -0.3 is 14.2 Å². The van der Waals surface area contributed by atoms with Crippen LogP contribution in [0.5, 0.6) is 0 Å². The van der Waals surface area contributed by atoms with Crippen molar-refractivity contribution in [2.24, 2.45) is 0 Å². The zero-order valence-electron chi connectivity index (χ0n) is 15.8. The molecule has 2 N–H and O–H groups in total. The molecule has 144 valence electrons. The maximum Gasteiger partial charge on any atom is 0.330 e. The molecule has 0 amide bonds. The molecular formula is C16H30N3O5P. The molecule has 8 nitrogen and oxygen atoms in total. The van der Waals surface area contributed by atoms with Crippen LogP contribution in [-0.4, -0.2) is 43.9 Å². The zero-order chi connectivity index (χ0) is 19.1. The lowest BCUT2D eigenvalue weighted by Crippen LogP contribution is -2.35. The summed E-state index contributed by atoms with van der Waals surface area (Å²) in [7, 11) is -1.71. The first-order chi connectivity index (χ1) is 11.7. The Morgan fingerprint density at radius 3 is 2.32 bits per heavy atom. The van der Waals surface area contributed by atoms with E-state index in [1.807, 2.05) is 39.3 Å². The van der Waals surface area contributed by atoms with E-state index in [0.29, 0.717) is 6.42 Å². The van der Waals surface area contributed by atoms with E-state index in [9.17, 15) is 14.5 Å². The Morgan fingerprint density at radius 1 is 1.24 bits per heavy atom. The first-order valence-corrected chi connectivity index (χ1v) is 9.70. The van der Waals surface area contributed by atoms with E-state index in [-0.39, 0.29) is 24.8 Å². The summed E-state index contributed by atoms with van der Waals surface area (Å²) in [4.78, 5) is 35.5. The number of hydrogen-bond donors (Lipinski definition) is 2. The molecule has 1 aromatic heterocycles. The van der Waals surface area contributed by atoms with E-state index < -0.39 is 26.0 Å². The molecule has 1 aromatic rings. The molecule has 9 heteroatoms. The highest BCUT2D eigenvalue weighted by molar-refractivity contribution is 7.43. The second-order valence-electron chi connectivity index (χ2n) is 6.40. The molecule has 0 bridgehead atoms.